The number of nitrogens with one attached hydrogen (secondary N) is 1. The Morgan fingerprint density at radius 2 is 2.12 bits per heavy atom. The van der Waals surface area contributed by atoms with E-state index in [-0.39, 0.29) is 0 Å². The maximum absolute atomic E-state index is 6.22. The van der Waals surface area contributed by atoms with Crippen LogP contribution in [0.25, 0.3) is 0 Å². The number of rotatable bonds is 7. The highest BCUT2D eigenvalue weighted by atomic mass is 35.5. The first-order chi connectivity index (χ1) is 8.17. The molecular formula is C14H23ClN2. The molecule has 0 spiro atoms. The quantitative estimate of drug-likeness (QED) is 0.443. The van der Waals surface area contributed by atoms with E-state index in [0.29, 0.717) is 6.04 Å². The zero-order valence-electron chi connectivity index (χ0n) is 10.8. The fourth-order valence-corrected chi connectivity index (χ4v) is 2.28. The lowest BCUT2D eigenvalue weighted by molar-refractivity contribution is 0.467. The van der Waals surface area contributed by atoms with Gasteiger partial charge in [0.15, 0.2) is 0 Å². The lowest BCUT2D eigenvalue weighted by Gasteiger charge is -2.16. The van der Waals surface area contributed by atoms with Gasteiger partial charge in [0, 0.05) is 11.1 Å². The van der Waals surface area contributed by atoms with Crippen molar-refractivity contribution in [2.24, 2.45) is 5.84 Å². The van der Waals surface area contributed by atoms with Crippen LogP contribution in [0.3, 0.4) is 0 Å². The Balaban J connectivity index is 2.54. The van der Waals surface area contributed by atoms with Crippen LogP contribution < -0.4 is 11.3 Å². The standard InChI is InChI=1S/C14H23ClN2/c1-3-4-5-6-13(17-16)10-12-8-7-11(2)9-14(12)15/h7-9,13,17H,3-6,10,16H2,1-2H3. The molecule has 0 aliphatic heterocycles. The number of benzene rings is 1. The maximum Gasteiger partial charge on any atom is 0.0441 e. The van der Waals surface area contributed by atoms with Crippen molar-refractivity contribution in [2.45, 2.75) is 52.0 Å². The molecule has 0 fully saturated rings. The summed E-state index contributed by atoms with van der Waals surface area (Å²) in [4.78, 5) is 0. The minimum Gasteiger partial charge on any atom is -0.271 e. The summed E-state index contributed by atoms with van der Waals surface area (Å²) in [5.41, 5.74) is 5.27. The number of aryl methyl sites for hydroxylation is 1. The number of unbranched alkanes of at least 4 members (excludes halogenated alkanes) is 2. The van der Waals surface area contributed by atoms with Gasteiger partial charge >= 0.3 is 0 Å². The lowest BCUT2D eigenvalue weighted by atomic mass is 10.00. The van der Waals surface area contributed by atoms with Gasteiger partial charge in [0.05, 0.1) is 0 Å². The average Bonchev–Trinajstić information content (AvgIpc) is 2.31. The molecular weight excluding hydrogens is 232 g/mol. The molecule has 0 heterocycles. The molecule has 3 N–H and O–H groups in total. The predicted molar refractivity (Wildman–Crippen MR) is 75.1 cm³/mol. The molecule has 0 saturated heterocycles. The second-order valence-corrected chi connectivity index (χ2v) is 5.07. The van der Waals surface area contributed by atoms with Gasteiger partial charge in [0.2, 0.25) is 0 Å². The van der Waals surface area contributed by atoms with Crippen molar-refractivity contribution >= 4 is 11.6 Å². The third-order valence-electron chi connectivity index (χ3n) is 3.07. The van der Waals surface area contributed by atoms with Crippen molar-refractivity contribution in [3.63, 3.8) is 0 Å². The summed E-state index contributed by atoms with van der Waals surface area (Å²) in [6.07, 6.45) is 5.73. The van der Waals surface area contributed by atoms with Crippen molar-refractivity contribution in [3.8, 4) is 0 Å². The Morgan fingerprint density at radius 1 is 1.35 bits per heavy atom. The summed E-state index contributed by atoms with van der Waals surface area (Å²) >= 11 is 6.22. The summed E-state index contributed by atoms with van der Waals surface area (Å²) in [6, 6.07) is 6.53. The molecule has 96 valence electrons. The van der Waals surface area contributed by atoms with E-state index in [1.54, 1.807) is 0 Å². The molecule has 0 bridgehead atoms. The monoisotopic (exact) mass is 254 g/mol. The van der Waals surface area contributed by atoms with Crippen LogP contribution in [-0.2, 0) is 6.42 Å². The van der Waals surface area contributed by atoms with Gasteiger partial charge < -0.3 is 0 Å². The van der Waals surface area contributed by atoms with Crippen molar-refractivity contribution in [2.75, 3.05) is 0 Å². The highest BCUT2D eigenvalue weighted by Gasteiger charge is 2.09. The van der Waals surface area contributed by atoms with Gasteiger partial charge in [-0.2, -0.15) is 0 Å². The van der Waals surface area contributed by atoms with Gasteiger partial charge in [-0.3, -0.25) is 11.3 Å². The zero-order chi connectivity index (χ0) is 12.7. The van der Waals surface area contributed by atoms with Gasteiger partial charge in [-0.05, 0) is 37.0 Å². The Morgan fingerprint density at radius 3 is 2.71 bits per heavy atom. The summed E-state index contributed by atoms with van der Waals surface area (Å²) < 4.78 is 0. The van der Waals surface area contributed by atoms with Crippen LogP contribution in [0.4, 0.5) is 0 Å². The first-order valence-corrected chi connectivity index (χ1v) is 6.76. The van der Waals surface area contributed by atoms with Crippen molar-refractivity contribution in [1.29, 1.82) is 0 Å². The fourth-order valence-electron chi connectivity index (χ4n) is 1.97. The molecule has 2 nitrogen and oxygen atoms in total. The first kappa shape index (κ1) is 14.5. The van der Waals surface area contributed by atoms with Crippen LogP contribution in [0.5, 0.6) is 0 Å². The largest absolute Gasteiger partial charge is 0.271 e. The Kier molecular flexibility index (Phi) is 6.56. The van der Waals surface area contributed by atoms with E-state index in [4.69, 9.17) is 17.4 Å². The van der Waals surface area contributed by atoms with Gasteiger partial charge in [0.1, 0.15) is 0 Å². The van der Waals surface area contributed by atoms with E-state index in [0.717, 1.165) is 17.9 Å². The Bertz CT molecular complexity index is 339. The normalized spacial score (nSPS) is 12.7. The molecule has 0 aliphatic rings. The van der Waals surface area contributed by atoms with Crippen LogP contribution >= 0.6 is 11.6 Å². The van der Waals surface area contributed by atoms with Crippen LogP contribution in [0.1, 0.15) is 43.7 Å². The Labute approximate surface area is 110 Å². The molecule has 1 aromatic rings. The predicted octanol–water partition coefficient (Wildman–Crippen LogP) is 3.60. The maximum atomic E-state index is 6.22. The van der Waals surface area contributed by atoms with E-state index < -0.39 is 0 Å². The number of hydrogen-bond acceptors (Lipinski definition) is 2. The first-order valence-electron chi connectivity index (χ1n) is 6.38. The molecule has 1 atom stereocenters. The molecule has 0 saturated carbocycles. The van der Waals surface area contributed by atoms with Crippen molar-refractivity contribution in [1.82, 2.24) is 5.43 Å². The third kappa shape index (κ3) is 5.07. The van der Waals surface area contributed by atoms with Gasteiger partial charge in [0.25, 0.3) is 0 Å². The van der Waals surface area contributed by atoms with E-state index >= 15 is 0 Å². The number of hydrogen-bond donors (Lipinski definition) is 2. The molecule has 1 aromatic carbocycles. The smallest absolute Gasteiger partial charge is 0.0441 e. The van der Waals surface area contributed by atoms with Crippen LogP contribution in [0.2, 0.25) is 5.02 Å². The topological polar surface area (TPSA) is 38.0 Å². The zero-order valence-corrected chi connectivity index (χ0v) is 11.6. The minimum absolute atomic E-state index is 0.321. The average molecular weight is 255 g/mol. The SMILES string of the molecule is CCCCCC(Cc1ccc(C)cc1Cl)NN. The second kappa shape index (κ2) is 7.70. The summed E-state index contributed by atoms with van der Waals surface area (Å²) in [7, 11) is 0. The summed E-state index contributed by atoms with van der Waals surface area (Å²) in [5, 5.41) is 0.848. The van der Waals surface area contributed by atoms with E-state index in [2.05, 4.69) is 31.4 Å². The van der Waals surface area contributed by atoms with Gasteiger partial charge in [-0.15, -0.1) is 0 Å². The van der Waals surface area contributed by atoms with Gasteiger partial charge in [-0.25, -0.2) is 0 Å². The van der Waals surface area contributed by atoms with E-state index in [9.17, 15) is 0 Å². The molecule has 1 unspecified atom stereocenters. The molecule has 3 heteroatoms. The number of nitrogens with two attached hydrogens (primary N) is 1. The molecule has 1 rings (SSSR count). The van der Waals surface area contributed by atoms with Crippen LogP contribution in [0, 0.1) is 6.92 Å². The molecule has 17 heavy (non-hydrogen) atoms. The fraction of sp³-hybridized carbons (Fsp3) is 0.571. The van der Waals surface area contributed by atoms with E-state index in [1.807, 2.05) is 6.07 Å². The lowest BCUT2D eigenvalue weighted by Crippen LogP contribution is -2.36. The van der Waals surface area contributed by atoms with Gasteiger partial charge in [-0.1, -0.05) is 49.9 Å². The number of halogens is 1. The van der Waals surface area contributed by atoms with Crippen LogP contribution in [-0.4, -0.2) is 6.04 Å². The summed E-state index contributed by atoms with van der Waals surface area (Å²) in [6.45, 7) is 4.26. The van der Waals surface area contributed by atoms with Crippen LogP contribution in [0.15, 0.2) is 18.2 Å². The number of hydrazine groups is 1. The second-order valence-electron chi connectivity index (χ2n) is 4.66. The minimum atomic E-state index is 0.321. The molecule has 0 amide bonds. The molecule has 0 radical (unpaired) electrons. The third-order valence-corrected chi connectivity index (χ3v) is 3.42. The molecule has 0 aromatic heterocycles. The summed E-state index contributed by atoms with van der Waals surface area (Å²) in [5.74, 6) is 5.59. The highest BCUT2D eigenvalue weighted by molar-refractivity contribution is 6.31. The molecule has 0 aliphatic carbocycles. The highest BCUT2D eigenvalue weighted by Crippen LogP contribution is 2.20. The van der Waals surface area contributed by atoms with E-state index in [1.165, 1.54) is 30.4 Å². The van der Waals surface area contributed by atoms with Crippen molar-refractivity contribution in [3.05, 3.63) is 34.3 Å². The Hall–Kier alpha value is -0.570. The van der Waals surface area contributed by atoms with Crippen molar-refractivity contribution < 1.29 is 0 Å².